The van der Waals surface area contributed by atoms with Gasteiger partial charge in [0.05, 0.1) is 17.9 Å². The van der Waals surface area contributed by atoms with Crippen LogP contribution in [0.25, 0.3) is 0 Å². The fourth-order valence-corrected chi connectivity index (χ4v) is 3.97. The number of anilines is 1. The minimum absolute atomic E-state index is 0.115. The molecule has 25 heavy (non-hydrogen) atoms. The molecule has 7 nitrogen and oxygen atoms in total. The zero-order valence-corrected chi connectivity index (χ0v) is 15.9. The highest BCUT2D eigenvalue weighted by molar-refractivity contribution is 7.89. The van der Waals surface area contributed by atoms with E-state index in [9.17, 15) is 13.2 Å². The molecule has 1 heterocycles. The first kappa shape index (κ1) is 19.1. The van der Waals surface area contributed by atoms with Crippen molar-refractivity contribution < 1.29 is 13.2 Å². The van der Waals surface area contributed by atoms with Gasteiger partial charge < -0.3 is 5.32 Å². The van der Waals surface area contributed by atoms with Crippen LogP contribution >= 0.6 is 0 Å². The lowest BCUT2D eigenvalue weighted by Gasteiger charge is -2.17. The molecule has 0 aliphatic heterocycles. The summed E-state index contributed by atoms with van der Waals surface area (Å²) in [6.07, 6.45) is 0. The van der Waals surface area contributed by atoms with Gasteiger partial charge in [-0.15, -0.1) is 0 Å². The summed E-state index contributed by atoms with van der Waals surface area (Å²) in [5.74, 6) is 0.00430. The van der Waals surface area contributed by atoms with Crippen molar-refractivity contribution >= 4 is 21.6 Å². The van der Waals surface area contributed by atoms with E-state index in [0.29, 0.717) is 23.0 Å². The van der Waals surface area contributed by atoms with Crippen molar-refractivity contribution in [2.45, 2.75) is 38.5 Å². The fraction of sp³-hybridized carbons (Fsp3) is 0.412. The van der Waals surface area contributed by atoms with Gasteiger partial charge >= 0.3 is 0 Å². The van der Waals surface area contributed by atoms with Gasteiger partial charge in [-0.05, 0) is 37.5 Å². The molecule has 2 aromatic rings. The second kappa shape index (κ2) is 7.37. The summed E-state index contributed by atoms with van der Waals surface area (Å²) in [4.78, 5) is 12.3. The molecule has 2 rings (SSSR count). The number of likely N-dealkylation sites (N-methyl/N-ethyl adjacent to an activating group) is 1. The largest absolute Gasteiger partial charge is 0.325 e. The number of hydrogen-bond donors (Lipinski definition) is 2. The molecule has 0 unspecified atom stereocenters. The van der Waals surface area contributed by atoms with Crippen molar-refractivity contribution in [2.75, 3.05) is 18.9 Å². The first-order valence-corrected chi connectivity index (χ1v) is 9.44. The number of aromatic amines is 1. The lowest BCUT2D eigenvalue weighted by atomic mass is 10.0. The lowest BCUT2D eigenvalue weighted by Crippen LogP contribution is -2.35. The molecule has 0 bridgehead atoms. The number of rotatable bonds is 6. The van der Waals surface area contributed by atoms with E-state index < -0.39 is 15.9 Å². The Morgan fingerprint density at radius 3 is 2.32 bits per heavy atom. The number of nitrogens with one attached hydrogen (secondary N) is 2. The van der Waals surface area contributed by atoms with Crippen LogP contribution in [-0.4, -0.2) is 42.4 Å². The average Bonchev–Trinajstić information content (AvgIpc) is 2.87. The van der Waals surface area contributed by atoms with E-state index >= 15 is 0 Å². The Bertz CT molecular complexity index is 835. The number of hydrogen-bond acceptors (Lipinski definition) is 4. The van der Waals surface area contributed by atoms with Crippen LogP contribution in [0.1, 0.15) is 36.7 Å². The Kier molecular flexibility index (Phi) is 5.64. The number of sulfonamides is 1. The Morgan fingerprint density at radius 2 is 1.84 bits per heavy atom. The van der Waals surface area contributed by atoms with E-state index in [-0.39, 0.29) is 11.4 Å². The molecule has 0 aliphatic rings. The Morgan fingerprint density at radius 1 is 1.24 bits per heavy atom. The molecule has 0 atom stereocenters. The van der Waals surface area contributed by atoms with Crippen LogP contribution in [0.2, 0.25) is 0 Å². The van der Waals surface area contributed by atoms with Gasteiger partial charge in [-0.25, -0.2) is 8.42 Å². The molecular weight excluding hydrogens is 340 g/mol. The average molecular weight is 364 g/mol. The van der Waals surface area contributed by atoms with Gasteiger partial charge in [-0.3, -0.25) is 9.89 Å². The van der Waals surface area contributed by atoms with E-state index in [1.807, 2.05) is 24.3 Å². The number of aryl methyl sites for hydroxylation is 2. The summed E-state index contributed by atoms with van der Waals surface area (Å²) in [6.45, 7) is 7.15. The third-order valence-electron chi connectivity index (χ3n) is 3.96. The normalized spacial score (nSPS) is 12.0. The zero-order chi connectivity index (χ0) is 18.8. The van der Waals surface area contributed by atoms with Crippen molar-refractivity contribution in [1.82, 2.24) is 14.5 Å². The van der Waals surface area contributed by atoms with Gasteiger partial charge in [0.2, 0.25) is 15.9 Å². The predicted molar refractivity (Wildman–Crippen MR) is 97.0 cm³/mol. The smallest absolute Gasteiger partial charge is 0.246 e. The number of nitrogens with zero attached hydrogens (tertiary/aromatic N) is 2. The quantitative estimate of drug-likeness (QED) is 0.823. The zero-order valence-electron chi connectivity index (χ0n) is 15.1. The monoisotopic (exact) mass is 364 g/mol. The highest BCUT2D eigenvalue weighted by Gasteiger charge is 2.28. The van der Waals surface area contributed by atoms with E-state index in [1.165, 1.54) is 12.6 Å². The molecule has 136 valence electrons. The maximum Gasteiger partial charge on any atom is 0.246 e. The molecule has 0 aliphatic carbocycles. The fourth-order valence-electron chi connectivity index (χ4n) is 2.52. The maximum absolute atomic E-state index is 12.6. The molecule has 1 aromatic heterocycles. The molecule has 1 amide bonds. The number of carbonyl (C=O) groups excluding carboxylic acids is 1. The number of carbonyl (C=O) groups is 1. The van der Waals surface area contributed by atoms with Crippen molar-refractivity contribution in [3.63, 3.8) is 0 Å². The highest BCUT2D eigenvalue weighted by atomic mass is 32.2. The lowest BCUT2D eigenvalue weighted by molar-refractivity contribution is -0.116. The Labute approximate surface area is 148 Å². The third-order valence-corrected chi connectivity index (χ3v) is 6.02. The van der Waals surface area contributed by atoms with Crippen LogP contribution in [-0.2, 0) is 14.8 Å². The van der Waals surface area contributed by atoms with E-state index in [1.54, 1.807) is 13.8 Å². The summed E-state index contributed by atoms with van der Waals surface area (Å²) in [5.41, 5.74) is 2.64. The number of amides is 1. The summed E-state index contributed by atoms with van der Waals surface area (Å²) < 4.78 is 26.3. The molecule has 0 radical (unpaired) electrons. The van der Waals surface area contributed by atoms with Crippen LogP contribution in [0.3, 0.4) is 0 Å². The van der Waals surface area contributed by atoms with Crippen LogP contribution in [0.15, 0.2) is 29.2 Å². The number of benzene rings is 1. The van der Waals surface area contributed by atoms with Gasteiger partial charge in [0.1, 0.15) is 4.90 Å². The predicted octanol–water partition coefficient (Wildman–Crippen LogP) is 2.41. The number of H-pyrrole nitrogens is 1. The molecule has 0 saturated carbocycles. The van der Waals surface area contributed by atoms with E-state index in [0.717, 1.165) is 4.31 Å². The van der Waals surface area contributed by atoms with E-state index in [4.69, 9.17) is 0 Å². The minimum atomic E-state index is -3.78. The summed E-state index contributed by atoms with van der Waals surface area (Å²) in [6, 6.07) is 7.51. The van der Waals surface area contributed by atoms with E-state index in [2.05, 4.69) is 29.4 Å². The summed E-state index contributed by atoms with van der Waals surface area (Å²) in [7, 11) is -2.41. The van der Waals surface area contributed by atoms with Gasteiger partial charge in [0.15, 0.2) is 0 Å². The molecule has 2 N–H and O–H groups in total. The van der Waals surface area contributed by atoms with Crippen LogP contribution in [0.4, 0.5) is 5.69 Å². The van der Waals surface area contributed by atoms with Gasteiger partial charge in [0, 0.05) is 12.7 Å². The van der Waals surface area contributed by atoms with Gasteiger partial charge in [0.25, 0.3) is 0 Å². The SMILES string of the molecule is Cc1n[nH]c(C)c1S(=O)(=O)N(C)CC(=O)Nc1ccc(C(C)C)cc1. The minimum Gasteiger partial charge on any atom is -0.325 e. The van der Waals surface area contributed by atoms with Crippen LogP contribution in [0, 0.1) is 13.8 Å². The second-order valence-electron chi connectivity index (χ2n) is 6.35. The summed E-state index contributed by atoms with van der Waals surface area (Å²) >= 11 is 0. The topological polar surface area (TPSA) is 95.2 Å². The molecule has 1 aromatic carbocycles. The first-order valence-electron chi connectivity index (χ1n) is 8.00. The van der Waals surface area contributed by atoms with Crippen LogP contribution < -0.4 is 5.32 Å². The molecule has 0 saturated heterocycles. The standard InChI is InChI=1S/C17H24N4O3S/c1-11(2)14-6-8-15(9-7-14)18-16(22)10-21(5)25(23,24)17-12(3)19-20-13(17)4/h6-9,11H,10H2,1-5H3,(H,18,22)(H,19,20). The number of aromatic nitrogens is 2. The molecule has 0 spiro atoms. The third kappa shape index (κ3) is 4.26. The van der Waals surface area contributed by atoms with Gasteiger partial charge in [-0.2, -0.15) is 9.40 Å². The van der Waals surface area contributed by atoms with Gasteiger partial charge in [-0.1, -0.05) is 26.0 Å². The second-order valence-corrected chi connectivity index (χ2v) is 8.33. The molecular formula is C17H24N4O3S. The molecule has 0 fully saturated rings. The van der Waals surface area contributed by atoms with Crippen molar-refractivity contribution in [2.24, 2.45) is 0 Å². The van der Waals surface area contributed by atoms with Crippen LogP contribution in [0.5, 0.6) is 0 Å². The Balaban J connectivity index is 2.07. The Hall–Kier alpha value is -2.19. The maximum atomic E-state index is 12.6. The first-order chi connectivity index (χ1) is 11.6. The summed E-state index contributed by atoms with van der Waals surface area (Å²) in [5, 5.41) is 9.27. The molecule has 8 heteroatoms. The van der Waals surface area contributed by atoms with Crippen molar-refractivity contribution in [3.05, 3.63) is 41.2 Å². The van der Waals surface area contributed by atoms with Crippen molar-refractivity contribution in [3.8, 4) is 0 Å². The van der Waals surface area contributed by atoms with Crippen molar-refractivity contribution in [1.29, 1.82) is 0 Å². The highest BCUT2D eigenvalue weighted by Crippen LogP contribution is 2.21.